The molecule has 1 amide bonds. The van der Waals surface area contributed by atoms with Gasteiger partial charge in [-0.2, -0.15) is 5.10 Å². The number of aryl methyl sites for hydroxylation is 1. The second kappa shape index (κ2) is 11.1. The van der Waals surface area contributed by atoms with Crippen LogP contribution in [-0.2, 0) is 4.79 Å². The van der Waals surface area contributed by atoms with Crippen molar-refractivity contribution in [3.05, 3.63) is 99.1 Å². The third-order valence-electron chi connectivity index (χ3n) is 5.20. The molecule has 0 radical (unpaired) electrons. The predicted octanol–water partition coefficient (Wildman–Crippen LogP) is 5.44. The number of nitrogens with zero attached hydrogens (tertiary/aromatic N) is 5. The van der Waals surface area contributed by atoms with Crippen molar-refractivity contribution in [1.29, 1.82) is 0 Å². The van der Waals surface area contributed by atoms with Crippen molar-refractivity contribution in [2.45, 2.75) is 19.0 Å². The van der Waals surface area contributed by atoms with E-state index >= 15 is 0 Å². The van der Waals surface area contributed by atoms with Gasteiger partial charge in [0.1, 0.15) is 0 Å². The van der Waals surface area contributed by atoms with Crippen LogP contribution in [0, 0.1) is 17.0 Å². The van der Waals surface area contributed by atoms with E-state index in [0.717, 1.165) is 16.8 Å². The molecule has 4 rings (SSSR count). The number of nitro benzene ring substituents is 1. The Bertz CT molecular complexity index is 1420. The van der Waals surface area contributed by atoms with Crippen molar-refractivity contribution in [2.75, 3.05) is 5.75 Å². The molecule has 9 nitrogen and oxygen atoms in total. The number of benzene rings is 3. The maximum absolute atomic E-state index is 12.5. The molecule has 0 saturated heterocycles. The Morgan fingerprint density at radius 3 is 2.36 bits per heavy atom. The number of halogens is 1. The molecule has 0 bridgehead atoms. The third kappa shape index (κ3) is 5.96. The molecule has 4 aromatic rings. The molecular weight excluding hydrogens is 500 g/mol. The fourth-order valence-electron chi connectivity index (χ4n) is 3.27. The Morgan fingerprint density at radius 1 is 1.06 bits per heavy atom. The van der Waals surface area contributed by atoms with Gasteiger partial charge >= 0.3 is 0 Å². The zero-order chi connectivity index (χ0) is 25.7. The highest BCUT2D eigenvalue weighted by Gasteiger charge is 2.17. The van der Waals surface area contributed by atoms with Crippen molar-refractivity contribution in [3.8, 4) is 17.1 Å². The Labute approximate surface area is 216 Å². The monoisotopic (exact) mass is 520 g/mol. The summed E-state index contributed by atoms with van der Waals surface area (Å²) in [5, 5.41) is 24.8. The number of hydrogen-bond acceptors (Lipinski definition) is 7. The lowest BCUT2D eigenvalue weighted by atomic mass is 10.1. The van der Waals surface area contributed by atoms with E-state index in [2.05, 4.69) is 20.7 Å². The van der Waals surface area contributed by atoms with E-state index in [9.17, 15) is 14.9 Å². The Balaban J connectivity index is 1.50. The summed E-state index contributed by atoms with van der Waals surface area (Å²) in [5.74, 6) is 0.361. The van der Waals surface area contributed by atoms with Gasteiger partial charge < -0.3 is 0 Å². The standard InChI is InChI=1S/C25H21ClN6O3S/c1-16-3-11-21(12-4-16)31-24(19-5-9-20(26)10-6-19)29-30-25(31)36-15-23(33)28-27-17(2)18-7-13-22(14-8-18)32(34)35/h3-14H,15H2,1-2H3,(H,28,33). The van der Waals surface area contributed by atoms with Gasteiger partial charge in [-0.3, -0.25) is 19.5 Å². The van der Waals surface area contributed by atoms with Crippen LogP contribution in [0.15, 0.2) is 83.1 Å². The van der Waals surface area contributed by atoms with E-state index in [0.29, 0.717) is 27.3 Å². The molecule has 11 heteroatoms. The Morgan fingerprint density at radius 2 is 1.72 bits per heavy atom. The molecule has 36 heavy (non-hydrogen) atoms. The van der Waals surface area contributed by atoms with Crippen LogP contribution in [0.4, 0.5) is 5.69 Å². The molecule has 0 aliphatic rings. The van der Waals surface area contributed by atoms with E-state index in [1.165, 1.54) is 23.9 Å². The number of thioether (sulfide) groups is 1. The highest BCUT2D eigenvalue weighted by atomic mass is 35.5. The summed E-state index contributed by atoms with van der Waals surface area (Å²) in [6.07, 6.45) is 0. The number of hydrogen-bond donors (Lipinski definition) is 1. The quantitative estimate of drug-likeness (QED) is 0.143. The average molecular weight is 521 g/mol. The number of amides is 1. The molecule has 0 aliphatic heterocycles. The lowest BCUT2D eigenvalue weighted by molar-refractivity contribution is -0.384. The number of rotatable bonds is 8. The van der Waals surface area contributed by atoms with Crippen molar-refractivity contribution >= 4 is 40.7 Å². The molecule has 0 spiro atoms. The van der Waals surface area contributed by atoms with Crippen LogP contribution in [-0.4, -0.2) is 37.1 Å². The molecule has 182 valence electrons. The molecule has 0 saturated carbocycles. The van der Waals surface area contributed by atoms with Crippen LogP contribution in [0.25, 0.3) is 17.1 Å². The van der Waals surface area contributed by atoms with Crippen molar-refractivity contribution in [2.24, 2.45) is 5.10 Å². The maximum Gasteiger partial charge on any atom is 0.269 e. The number of hydrazone groups is 1. The normalized spacial score (nSPS) is 11.4. The summed E-state index contributed by atoms with van der Waals surface area (Å²) in [6.45, 7) is 3.72. The summed E-state index contributed by atoms with van der Waals surface area (Å²) in [6, 6.07) is 21.2. The van der Waals surface area contributed by atoms with Gasteiger partial charge in [0, 0.05) is 28.4 Å². The van der Waals surface area contributed by atoms with Crippen molar-refractivity contribution in [1.82, 2.24) is 20.2 Å². The van der Waals surface area contributed by atoms with Gasteiger partial charge in [0.25, 0.3) is 11.6 Å². The third-order valence-corrected chi connectivity index (χ3v) is 6.39. The number of aromatic nitrogens is 3. The first-order valence-corrected chi connectivity index (χ1v) is 12.2. The molecule has 3 aromatic carbocycles. The van der Waals surface area contributed by atoms with Crippen LogP contribution in [0.1, 0.15) is 18.1 Å². The Kier molecular flexibility index (Phi) is 7.77. The van der Waals surface area contributed by atoms with E-state index in [1.807, 2.05) is 47.9 Å². The first-order chi connectivity index (χ1) is 17.3. The molecule has 1 heterocycles. The maximum atomic E-state index is 12.5. The van der Waals surface area contributed by atoms with Crippen molar-refractivity contribution in [3.63, 3.8) is 0 Å². The van der Waals surface area contributed by atoms with E-state index in [-0.39, 0.29) is 17.3 Å². The predicted molar refractivity (Wildman–Crippen MR) is 141 cm³/mol. The first-order valence-electron chi connectivity index (χ1n) is 10.8. The van der Waals surface area contributed by atoms with Gasteiger partial charge in [0.2, 0.25) is 0 Å². The molecule has 0 fully saturated rings. The second-order valence-corrected chi connectivity index (χ2v) is 9.19. The van der Waals surface area contributed by atoms with Crippen LogP contribution in [0.2, 0.25) is 5.02 Å². The number of non-ortho nitro benzene ring substituents is 1. The summed E-state index contributed by atoms with van der Waals surface area (Å²) in [5.41, 5.74) is 6.53. The SMILES string of the molecule is CC(=NNC(=O)CSc1nnc(-c2ccc(Cl)cc2)n1-c1ccc(C)cc1)c1ccc([N+](=O)[O-])cc1. The lowest BCUT2D eigenvalue weighted by Gasteiger charge is -2.11. The van der Waals surface area contributed by atoms with Crippen molar-refractivity contribution < 1.29 is 9.72 Å². The number of nitro groups is 1. The fraction of sp³-hybridized carbons (Fsp3) is 0.120. The van der Waals surface area contributed by atoms with Gasteiger partial charge in [-0.1, -0.05) is 41.1 Å². The first kappa shape index (κ1) is 25.1. The number of nitrogens with one attached hydrogen (secondary N) is 1. The molecule has 0 aliphatic carbocycles. The smallest absolute Gasteiger partial charge is 0.269 e. The fourth-order valence-corrected chi connectivity index (χ4v) is 4.14. The van der Waals surface area contributed by atoms with Crippen LogP contribution in [0.5, 0.6) is 0 Å². The van der Waals surface area contributed by atoms with Gasteiger partial charge in [-0.15, -0.1) is 10.2 Å². The topological polar surface area (TPSA) is 115 Å². The minimum absolute atomic E-state index is 0.0114. The highest BCUT2D eigenvalue weighted by molar-refractivity contribution is 7.99. The zero-order valence-corrected chi connectivity index (χ0v) is 21.0. The Hall–Kier alpha value is -4.02. The van der Waals surface area contributed by atoms with Crippen LogP contribution in [0.3, 0.4) is 0 Å². The highest BCUT2D eigenvalue weighted by Crippen LogP contribution is 2.29. The van der Waals surface area contributed by atoms with Crippen LogP contribution >= 0.6 is 23.4 Å². The summed E-state index contributed by atoms with van der Waals surface area (Å²) in [4.78, 5) is 22.8. The van der Waals surface area contributed by atoms with Gasteiger partial charge in [-0.05, 0) is 67.9 Å². The van der Waals surface area contributed by atoms with Gasteiger partial charge in [-0.25, -0.2) is 5.43 Å². The minimum Gasteiger partial charge on any atom is -0.272 e. The number of carbonyl (C=O) groups is 1. The van der Waals surface area contributed by atoms with Gasteiger partial charge in [0.15, 0.2) is 11.0 Å². The average Bonchev–Trinajstić information content (AvgIpc) is 3.31. The van der Waals surface area contributed by atoms with Gasteiger partial charge in [0.05, 0.1) is 16.4 Å². The lowest BCUT2D eigenvalue weighted by Crippen LogP contribution is -2.21. The summed E-state index contributed by atoms with van der Waals surface area (Å²) >= 11 is 7.28. The molecule has 0 unspecified atom stereocenters. The number of carbonyl (C=O) groups excluding carboxylic acids is 1. The summed E-state index contributed by atoms with van der Waals surface area (Å²) < 4.78 is 1.89. The van der Waals surface area contributed by atoms with E-state index in [1.54, 1.807) is 31.2 Å². The van der Waals surface area contributed by atoms with Crippen LogP contribution < -0.4 is 5.43 Å². The van der Waals surface area contributed by atoms with E-state index in [4.69, 9.17) is 11.6 Å². The zero-order valence-electron chi connectivity index (χ0n) is 19.4. The molecular formula is C25H21ClN6O3S. The molecule has 1 aromatic heterocycles. The minimum atomic E-state index is -0.469. The second-order valence-electron chi connectivity index (χ2n) is 7.81. The largest absolute Gasteiger partial charge is 0.272 e. The summed E-state index contributed by atoms with van der Waals surface area (Å²) in [7, 11) is 0. The molecule has 1 N–H and O–H groups in total. The molecule has 0 atom stereocenters. The van der Waals surface area contributed by atoms with E-state index < -0.39 is 4.92 Å².